The van der Waals surface area contributed by atoms with Gasteiger partial charge in [0, 0.05) is 48.6 Å². The summed E-state index contributed by atoms with van der Waals surface area (Å²) in [5.74, 6) is 0.829. The minimum Gasteiger partial charge on any atom is -0.460 e. The van der Waals surface area contributed by atoms with Gasteiger partial charge in [-0.2, -0.15) is 0 Å². The molecule has 1 aliphatic heterocycles. The summed E-state index contributed by atoms with van der Waals surface area (Å²) in [6, 6.07) is 38.5. The average molecular weight is 853 g/mol. The van der Waals surface area contributed by atoms with E-state index >= 15 is 0 Å². The molecule has 0 saturated heterocycles. The monoisotopic (exact) mass is 852 g/mol. The number of aliphatic hydroxyl groups is 2. The summed E-state index contributed by atoms with van der Waals surface area (Å²) in [7, 11) is 0. The van der Waals surface area contributed by atoms with Gasteiger partial charge < -0.3 is 34.6 Å². The number of aliphatic hydroxyl groups excluding tert-OH is 2. The van der Waals surface area contributed by atoms with Crippen LogP contribution >= 0.6 is 11.8 Å². The summed E-state index contributed by atoms with van der Waals surface area (Å²) in [4.78, 5) is 19.1. The molecule has 0 aromatic heterocycles. The van der Waals surface area contributed by atoms with Crippen LogP contribution < -0.4 is 14.8 Å². The number of oxime groups is 1. The third kappa shape index (κ3) is 9.64. The second-order valence-corrected chi connectivity index (χ2v) is 17.7. The van der Waals surface area contributed by atoms with Crippen LogP contribution in [0.3, 0.4) is 0 Å². The molecule has 5 aromatic rings. The highest BCUT2D eigenvalue weighted by atomic mass is 32.2. The van der Waals surface area contributed by atoms with Crippen molar-refractivity contribution >= 4 is 39.8 Å². The van der Waals surface area contributed by atoms with Crippen LogP contribution in [0.4, 0.5) is 5.69 Å². The predicted octanol–water partition coefficient (Wildman–Crippen LogP) is 11.2. The number of anilines is 1. The van der Waals surface area contributed by atoms with Crippen LogP contribution in [0.15, 0.2) is 150 Å². The normalized spacial score (nSPS) is 23.1. The fraction of sp³-hybridized carbons (Fsp3) is 0.346. The van der Waals surface area contributed by atoms with Crippen molar-refractivity contribution in [3.8, 4) is 17.2 Å². The predicted molar refractivity (Wildman–Crippen MR) is 247 cm³/mol. The summed E-state index contributed by atoms with van der Waals surface area (Å²) in [6.45, 7) is 6.43. The zero-order chi connectivity index (χ0) is 42.9. The molecular formula is C52H56N2O7S. The number of thioether (sulfide) groups is 1. The molecule has 2 aliphatic carbocycles. The Bertz CT molecular complexity index is 2380. The maximum atomic E-state index is 11.9. The highest BCUT2D eigenvalue weighted by molar-refractivity contribution is 8.00. The lowest BCUT2D eigenvalue weighted by molar-refractivity contribution is -0.223. The average Bonchev–Trinajstić information content (AvgIpc) is 3.28. The zero-order valence-corrected chi connectivity index (χ0v) is 36.1. The number of hydrogen-bond donors (Lipinski definition) is 3. The van der Waals surface area contributed by atoms with Gasteiger partial charge in [0.15, 0.2) is 0 Å². The molecule has 8 rings (SSSR count). The van der Waals surface area contributed by atoms with Crippen molar-refractivity contribution in [3.05, 3.63) is 151 Å². The molecule has 62 heavy (non-hydrogen) atoms. The van der Waals surface area contributed by atoms with Crippen molar-refractivity contribution < 1.29 is 34.1 Å². The number of nitrogens with zero attached hydrogens (tertiary/aromatic N) is 1. The number of benzene rings is 5. The lowest BCUT2D eigenvalue weighted by Gasteiger charge is -2.58. The van der Waals surface area contributed by atoms with E-state index in [0.717, 1.165) is 80.9 Å². The summed E-state index contributed by atoms with van der Waals surface area (Å²) in [5, 5.41) is 29.7. The molecule has 1 heterocycles. The van der Waals surface area contributed by atoms with E-state index in [1.54, 1.807) is 17.8 Å². The van der Waals surface area contributed by atoms with Gasteiger partial charge in [-0.05, 0) is 114 Å². The lowest BCUT2D eigenvalue weighted by atomic mass is 9.56. The first-order valence-corrected chi connectivity index (χ1v) is 22.7. The third-order valence-corrected chi connectivity index (χ3v) is 13.6. The van der Waals surface area contributed by atoms with Gasteiger partial charge in [-0.1, -0.05) is 90.8 Å². The van der Waals surface area contributed by atoms with E-state index in [1.807, 2.05) is 84.9 Å². The number of hydrogen-bond acceptors (Lipinski definition) is 9. The number of rotatable bonds is 19. The van der Waals surface area contributed by atoms with Gasteiger partial charge in [-0.3, -0.25) is 4.79 Å². The van der Waals surface area contributed by atoms with Crippen molar-refractivity contribution in [1.29, 1.82) is 0 Å². The van der Waals surface area contributed by atoms with Crippen LogP contribution in [-0.4, -0.2) is 52.7 Å². The van der Waals surface area contributed by atoms with E-state index in [0.29, 0.717) is 31.6 Å². The number of unbranched alkanes of at least 4 members (excludes halogenated alkanes) is 2. The largest absolute Gasteiger partial charge is 0.460 e. The number of fused-ring (bicyclic) bond motifs is 3. The number of allylic oxidation sites excluding steroid dienone is 1. The molecule has 1 fully saturated rings. The summed E-state index contributed by atoms with van der Waals surface area (Å²) >= 11 is 1.67. The molecule has 0 unspecified atom stereocenters. The Balaban J connectivity index is 1.27. The van der Waals surface area contributed by atoms with E-state index in [4.69, 9.17) is 24.2 Å². The Kier molecular flexibility index (Phi) is 14.1. The first kappa shape index (κ1) is 43.3. The fourth-order valence-corrected chi connectivity index (χ4v) is 10.9. The highest BCUT2D eigenvalue weighted by Crippen LogP contribution is 2.63. The van der Waals surface area contributed by atoms with Gasteiger partial charge in [-0.15, -0.1) is 18.3 Å². The maximum Gasteiger partial charge on any atom is 0.231 e. The summed E-state index contributed by atoms with van der Waals surface area (Å²) in [5.41, 5.74) is 4.71. The Hall–Kier alpha value is -5.39. The van der Waals surface area contributed by atoms with Gasteiger partial charge in [-0.25, -0.2) is 0 Å². The first-order valence-electron chi connectivity index (χ1n) is 21.8. The lowest BCUT2D eigenvalue weighted by Crippen LogP contribution is -2.64. The van der Waals surface area contributed by atoms with E-state index in [2.05, 4.69) is 48.3 Å². The molecule has 9 nitrogen and oxygen atoms in total. The van der Waals surface area contributed by atoms with Crippen molar-refractivity contribution in [2.24, 2.45) is 22.9 Å². The first-order chi connectivity index (χ1) is 30.4. The van der Waals surface area contributed by atoms with Crippen molar-refractivity contribution in [3.63, 3.8) is 0 Å². The van der Waals surface area contributed by atoms with Crippen LogP contribution in [0.2, 0.25) is 0 Å². The number of carbonyl (C=O) groups is 1. The molecule has 0 radical (unpaired) electrons. The Morgan fingerprint density at radius 3 is 2.37 bits per heavy atom. The minimum absolute atomic E-state index is 0.0913. The zero-order valence-electron chi connectivity index (χ0n) is 35.3. The molecule has 322 valence electrons. The molecule has 3 N–H and O–H groups in total. The maximum absolute atomic E-state index is 11.9. The molecule has 5 aromatic carbocycles. The number of amides is 1. The quantitative estimate of drug-likeness (QED) is 0.0427. The second-order valence-electron chi connectivity index (χ2n) is 16.4. The van der Waals surface area contributed by atoms with E-state index in [-0.39, 0.29) is 54.6 Å². The standard InChI is InChI=1S/C52H56N2O7S/c1-3-29-58-52-49(62-43-24-20-40(21-25-43)53-35(2)57)33-47(54-59-34-36-13-5-4-6-14-36)45-31-39(17-9-11-27-55)44(18-10-12-28-56)50(51(45)52)46-32-42(23-26-48(46)61-52)60-41-22-19-37-15-7-8-16-38(37)30-41/h3-8,13-16,19-26,30-32,39,44,49-51,55-56H,1,9-12,17-18,27-29,33-34H2,2H3,(H,53,57)/t39-,44+,49-,50+,51+,52+/m0/s1. The molecule has 0 bridgehead atoms. The number of carbonyl (C=O) groups excluding carboxylic acids is 1. The van der Waals surface area contributed by atoms with Gasteiger partial charge in [0.05, 0.1) is 23.5 Å². The van der Waals surface area contributed by atoms with Crippen molar-refractivity contribution in [2.45, 2.75) is 80.3 Å². The second kappa shape index (κ2) is 20.2. The summed E-state index contributed by atoms with van der Waals surface area (Å²) < 4.78 is 21.2. The van der Waals surface area contributed by atoms with Crippen LogP contribution in [0.1, 0.15) is 68.9 Å². The van der Waals surface area contributed by atoms with Gasteiger partial charge in [0.2, 0.25) is 11.7 Å². The SMILES string of the molecule is C=CCO[C@@]12Oc3ccc(Oc4ccc5ccccc5c4)cc3[C@H]3[C@H](CCCCO)[C@@H](CCCCO)C=C(C(=NOCc4ccccc4)C[C@@H]1Sc1ccc(NC(C)=O)cc1)[C@H]32. The Labute approximate surface area is 368 Å². The van der Waals surface area contributed by atoms with Crippen molar-refractivity contribution in [2.75, 3.05) is 25.1 Å². The molecule has 0 spiro atoms. The fourth-order valence-electron chi connectivity index (χ4n) is 9.60. The van der Waals surface area contributed by atoms with E-state index in [9.17, 15) is 15.0 Å². The molecular weight excluding hydrogens is 797 g/mol. The summed E-state index contributed by atoms with van der Waals surface area (Å²) in [6.07, 6.45) is 9.59. The third-order valence-electron chi connectivity index (χ3n) is 12.3. The molecule has 6 atom stereocenters. The molecule has 1 amide bonds. The minimum atomic E-state index is -1.15. The van der Waals surface area contributed by atoms with Crippen LogP contribution in [-0.2, 0) is 21.0 Å². The van der Waals surface area contributed by atoms with Crippen LogP contribution in [0, 0.1) is 17.8 Å². The molecule has 1 saturated carbocycles. The van der Waals surface area contributed by atoms with E-state index in [1.165, 1.54) is 6.92 Å². The Morgan fingerprint density at radius 2 is 1.61 bits per heavy atom. The van der Waals surface area contributed by atoms with Gasteiger partial charge >= 0.3 is 0 Å². The number of nitrogens with one attached hydrogen (secondary N) is 1. The smallest absolute Gasteiger partial charge is 0.231 e. The molecule has 10 heteroatoms. The Morgan fingerprint density at radius 1 is 0.887 bits per heavy atom. The van der Waals surface area contributed by atoms with Gasteiger partial charge in [0.25, 0.3) is 0 Å². The van der Waals surface area contributed by atoms with Crippen molar-refractivity contribution in [1.82, 2.24) is 0 Å². The highest BCUT2D eigenvalue weighted by Gasteiger charge is 2.64. The topological polar surface area (TPSA) is 119 Å². The van der Waals surface area contributed by atoms with Crippen LogP contribution in [0.5, 0.6) is 17.2 Å². The van der Waals surface area contributed by atoms with E-state index < -0.39 is 5.79 Å². The number of ether oxygens (including phenoxy) is 3. The molecule has 3 aliphatic rings. The van der Waals surface area contributed by atoms with Gasteiger partial charge in [0.1, 0.15) is 23.9 Å². The van der Waals surface area contributed by atoms with Crippen LogP contribution in [0.25, 0.3) is 10.8 Å².